The van der Waals surface area contributed by atoms with Gasteiger partial charge in [0.1, 0.15) is 11.4 Å². The lowest BCUT2D eigenvalue weighted by atomic mass is 10.2. The number of nitrogens with two attached hydrogens (primary N) is 1. The molecule has 3 N–H and O–H groups in total. The first kappa shape index (κ1) is 19.0. The van der Waals surface area contributed by atoms with Crippen molar-refractivity contribution in [3.05, 3.63) is 40.5 Å². The minimum atomic E-state index is -0.578. The number of carbonyl (C=O) groups is 2. The number of nitrogens with one attached hydrogen (secondary N) is 1. The van der Waals surface area contributed by atoms with Crippen LogP contribution in [0.2, 0.25) is 5.02 Å². The third-order valence-corrected chi connectivity index (χ3v) is 4.44. The van der Waals surface area contributed by atoms with Crippen molar-refractivity contribution >= 4 is 46.7 Å². The van der Waals surface area contributed by atoms with Crippen LogP contribution in [0.3, 0.4) is 0 Å². The molecule has 0 bridgehead atoms. The predicted octanol–water partition coefficient (Wildman–Crippen LogP) is 2.93. The normalized spacial score (nSPS) is 10.4. The molecule has 0 saturated heterocycles. The second kappa shape index (κ2) is 8.68. The van der Waals surface area contributed by atoms with Gasteiger partial charge >= 0.3 is 5.97 Å². The molecule has 2 rings (SSSR count). The Kier molecular flexibility index (Phi) is 6.60. The van der Waals surface area contributed by atoms with E-state index in [9.17, 15) is 9.59 Å². The highest BCUT2D eigenvalue weighted by atomic mass is 35.5. The van der Waals surface area contributed by atoms with Crippen molar-refractivity contribution in [2.24, 2.45) is 0 Å². The third-order valence-electron chi connectivity index (χ3n) is 3.17. The predicted molar refractivity (Wildman–Crippen MR) is 97.9 cm³/mol. The van der Waals surface area contributed by atoms with Gasteiger partial charge in [0.15, 0.2) is 5.16 Å². The largest absolute Gasteiger partial charge is 0.462 e. The lowest BCUT2D eigenvalue weighted by molar-refractivity contribution is -0.113. The third kappa shape index (κ3) is 5.07. The number of esters is 1. The van der Waals surface area contributed by atoms with E-state index in [-0.39, 0.29) is 29.6 Å². The molecule has 0 saturated carbocycles. The quantitative estimate of drug-likeness (QED) is 0.450. The van der Waals surface area contributed by atoms with Gasteiger partial charge in [0, 0.05) is 16.9 Å². The number of amides is 1. The number of thioether (sulfide) groups is 1. The number of hydrogen-bond acceptors (Lipinski definition) is 7. The van der Waals surface area contributed by atoms with E-state index in [1.165, 1.54) is 6.20 Å². The van der Waals surface area contributed by atoms with E-state index >= 15 is 0 Å². The topological polar surface area (TPSA) is 107 Å². The summed E-state index contributed by atoms with van der Waals surface area (Å²) in [6.45, 7) is 3.75. The zero-order chi connectivity index (χ0) is 18.4. The van der Waals surface area contributed by atoms with Gasteiger partial charge in [0.05, 0.1) is 12.4 Å². The van der Waals surface area contributed by atoms with Crippen LogP contribution in [0.25, 0.3) is 0 Å². The van der Waals surface area contributed by atoms with Gasteiger partial charge in [-0.05, 0) is 31.5 Å². The summed E-state index contributed by atoms with van der Waals surface area (Å²) in [6.07, 6.45) is 1.29. The molecule has 0 spiro atoms. The molecular formula is C16H17ClN4O3S. The molecule has 0 aliphatic rings. The highest BCUT2D eigenvalue weighted by molar-refractivity contribution is 7.99. The smallest absolute Gasteiger partial charge is 0.343 e. The van der Waals surface area contributed by atoms with Crippen molar-refractivity contribution in [2.75, 3.05) is 23.4 Å². The van der Waals surface area contributed by atoms with Crippen LogP contribution < -0.4 is 11.1 Å². The van der Waals surface area contributed by atoms with Crippen molar-refractivity contribution in [1.82, 2.24) is 9.97 Å². The second-order valence-electron chi connectivity index (χ2n) is 4.92. The Balaban J connectivity index is 1.97. The van der Waals surface area contributed by atoms with Gasteiger partial charge in [-0.15, -0.1) is 0 Å². The van der Waals surface area contributed by atoms with Gasteiger partial charge in [-0.2, -0.15) is 0 Å². The van der Waals surface area contributed by atoms with Crippen LogP contribution in [0.5, 0.6) is 0 Å². The number of nitrogen functional groups attached to an aromatic ring is 1. The minimum Gasteiger partial charge on any atom is -0.462 e. The Bertz CT molecular complexity index is 801. The van der Waals surface area contributed by atoms with E-state index in [4.69, 9.17) is 22.1 Å². The van der Waals surface area contributed by atoms with Crippen LogP contribution in [-0.2, 0) is 9.53 Å². The summed E-state index contributed by atoms with van der Waals surface area (Å²) < 4.78 is 4.85. The summed E-state index contributed by atoms with van der Waals surface area (Å²) >= 11 is 7.13. The zero-order valence-electron chi connectivity index (χ0n) is 13.7. The molecule has 0 fully saturated rings. The number of carbonyl (C=O) groups excluding carboxylic acids is 2. The zero-order valence-corrected chi connectivity index (χ0v) is 15.3. The van der Waals surface area contributed by atoms with Crippen molar-refractivity contribution in [3.8, 4) is 0 Å². The van der Waals surface area contributed by atoms with Gasteiger partial charge < -0.3 is 15.8 Å². The number of anilines is 2. The summed E-state index contributed by atoms with van der Waals surface area (Å²) in [4.78, 5) is 31.7. The molecule has 25 heavy (non-hydrogen) atoms. The highest BCUT2D eigenvalue weighted by Gasteiger charge is 2.14. The molecule has 0 radical (unpaired) electrons. The monoisotopic (exact) mass is 380 g/mol. The summed E-state index contributed by atoms with van der Waals surface area (Å²) in [5.74, 6) is -0.704. The van der Waals surface area contributed by atoms with E-state index in [0.717, 1.165) is 17.3 Å². The maximum absolute atomic E-state index is 12.1. The van der Waals surface area contributed by atoms with Gasteiger partial charge in [-0.25, -0.2) is 14.8 Å². The average Bonchev–Trinajstić information content (AvgIpc) is 2.57. The van der Waals surface area contributed by atoms with Gasteiger partial charge in [-0.1, -0.05) is 29.4 Å². The molecule has 0 atom stereocenters. The molecular weight excluding hydrogens is 364 g/mol. The fraction of sp³-hybridized carbons (Fsp3) is 0.250. The second-order valence-corrected chi connectivity index (χ2v) is 6.27. The van der Waals surface area contributed by atoms with Crippen molar-refractivity contribution in [3.63, 3.8) is 0 Å². The van der Waals surface area contributed by atoms with Gasteiger partial charge in [-0.3, -0.25) is 4.79 Å². The first-order chi connectivity index (χ1) is 11.9. The molecule has 1 aromatic carbocycles. The number of ether oxygens (including phenoxy) is 1. The van der Waals surface area contributed by atoms with Gasteiger partial charge in [0.25, 0.3) is 0 Å². The van der Waals surface area contributed by atoms with Crippen LogP contribution in [0.1, 0.15) is 22.8 Å². The maximum atomic E-state index is 12.1. The Morgan fingerprint density at radius 2 is 2.16 bits per heavy atom. The number of hydrogen-bond donors (Lipinski definition) is 2. The van der Waals surface area contributed by atoms with E-state index in [0.29, 0.717) is 15.9 Å². The summed E-state index contributed by atoms with van der Waals surface area (Å²) in [5, 5.41) is 3.65. The van der Waals surface area contributed by atoms with Crippen molar-refractivity contribution < 1.29 is 14.3 Å². The molecule has 9 heteroatoms. The first-order valence-corrected chi connectivity index (χ1v) is 8.76. The molecule has 132 valence electrons. The Morgan fingerprint density at radius 3 is 2.84 bits per heavy atom. The molecule has 1 aromatic heterocycles. The van der Waals surface area contributed by atoms with Crippen LogP contribution in [0, 0.1) is 6.92 Å². The molecule has 0 aliphatic carbocycles. The maximum Gasteiger partial charge on any atom is 0.343 e. The number of nitrogens with zero attached hydrogens (tertiary/aromatic N) is 2. The molecule has 1 amide bonds. The number of benzene rings is 1. The van der Waals surface area contributed by atoms with Crippen LogP contribution >= 0.6 is 23.4 Å². The Morgan fingerprint density at radius 1 is 1.40 bits per heavy atom. The van der Waals surface area contributed by atoms with E-state index < -0.39 is 5.97 Å². The lowest BCUT2D eigenvalue weighted by Crippen LogP contribution is -2.15. The number of halogens is 1. The SMILES string of the molecule is CCOC(=O)c1cnc(SCC(=O)Nc2cccc(Cl)c2C)nc1N. The summed E-state index contributed by atoms with van der Waals surface area (Å²) in [7, 11) is 0. The fourth-order valence-corrected chi connectivity index (χ4v) is 2.67. The van der Waals surface area contributed by atoms with Crippen molar-refractivity contribution in [2.45, 2.75) is 19.0 Å². The highest BCUT2D eigenvalue weighted by Crippen LogP contribution is 2.23. The van der Waals surface area contributed by atoms with E-state index in [1.807, 2.05) is 6.92 Å². The molecule has 7 nitrogen and oxygen atoms in total. The van der Waals surface area contributed by atoms with Crippen LogP contribution in [0.4, 0.5) is 11.5 Å². The summed E-state index contributed by atoms with van der Waals surface area (Å²) in [6, 6.07) is 5.28. The molecule has 0 unspecified atom stereocenters. The van der Waals surface area contributed by atoms with Gasteiger partial charge in [0.2, 0.25) is 5.91 Å². The average molecular weight is 381 g/mol. The fourth-order valence-electron chi connectivity index (χ4n) is 1.87. The molecule has 2 aromatic rings. The summed E-state index contributed by atoms with van der Waals surface area (Å²) in [5.41, 5.74) is 7.28. The molecule has 1 heterocycles. The Labute approximate surface area is 154 Å². The van der Waals surface area contributed by atoms with Crippen LogP contribution in [-0.4, -0.2) is 34.2 Å². The van der Waals surface area contributed by atoms with E-state index in [2.05, 4.69) is 15.3 Å². The number of aromatic nitrogens is 2. The first-order valence-electron chi connectivity index (χ1n) is 7.39. The Hall–Kier alpha value is -2.32. The number of rotatable bonds is 6. The van der Waals surface area contributed by atoms with Crippen LogP contribution in [0.15, 0.2) is 29.6 Å². The minimum absolute atomic E-state index is 0.0158. The van der Waals surface area contributed by atoms with E-state index in [1.54, 1.807) is 25.1 Å². The lowest BCUT2D eigenvalue weighted by Gasteiger charge is -2.09. The standard InChI is InChI=1S/C16H17ClN4O3S/c1-3-24-15(23)10-7-19-16(21-14(10)18)25-8-13(22)20-12-6-4-5-11(17)9(12)2/h4-7H,3,8H2,1-2H3,(H,20,22)(H2,18,19,21). The van der Waals surface area contributed by atoms with Crippen molar-refractivity contribution in [1.29, 1.82) is 0 Å². The molecule has 0 aliphatic heterocycles.